The first-order chi connectivity index (χ1) is 7.96. The normalized spacial score (nSPS) is 15.8. The standard InChI is InChI=1S/C5F12OS/c6-2(7,8)1(3(9,10)11,4(12,13)14)18-19-5(15,16)17. The average molecular weight is 336 g/mol. The van der Waals surface area contributed by atoms with Crippen LogP contribution in [0.2, 0.25) is 0 Å². The third-order valence-electron chi connectivity index (χ3n) is 1.46. The lowest BCUT2D eigenvalue weighted by atomic mass is 10.0. The Morgan fingerprint density at radius 2 is 0.789 bits per heavy atom. The molecule has 0 spiro atoms. The summed E-state index contributed by atoms with van der Waals surface area (Å²) in [4.78, 5) is 0. The van der Waals surface area contributed by atoms with Crippen molar-refractivity contribution in [3.8, 4) is 0 Å². The number of halogens is 12. The maximum absolute atomic E-state index is 12.0. The van der Waals surface area contributed by atoms with E-state index in [4.69, 9.17) is 0 Å². The Morgan fingerprint density at radius 3 is 0.947 bits per heavy atom. The van der Waals surface area contributed by atoms with Crippen LogP contribution in [-0.2, 0) is 4.18 Å². The summed E-state index contributed by atoms with van der Waals surface area (Å²) in [5, 5.41) is 0. The molecule has 0 aromatic rings. The van der Waals surface area contributed by atoms with Gasteiger partial charge < -0.3 is 0 Å². The predicted octanol–water partition coefficient (Wildman–Crippen LogP) is 4.60. The molecule has 1 nitrogen and oxygen atoms in total. The molecule has 0 amide bonds. The molecule has 0 aromatic carbocycles. The second-order valence-corrected chi connectivity index (χ2v) is 3.58. The second kappa shape index (κ2) is 4.79. The molecule has 0 saturated heterocycles. The molecule has 0 heterocycles. The summed E-state index contributed by atoms with van der Waals surface area (Å²) in [6.45, 7) is 0. The Morgan fingerprint density at radius 1 is 0.526 bits per heavy atom. The highest BCUT2D eigenvalue weighted by Crippen LogP contribution is 2.57. The highest BCUT2D eigenvalue weighted by atomic mass is 32.2. The first-order valence-corrected chi connectivity index (χ1v) is 4.33. The van der Waals surface area contributed by atoms with Crippen LogP contribution in [0.15, 0.2) is 0 Å². The van der Waals surface area contributed by atoms with Gasteiger partial charge in [-0.25, -0.2) is 0 Å². The van der Waals surface area contributed by atoms with Crippen molar-refractivity contribution in [1.82, 2.24) is 0 Å². The van der Waals surface area contributed by atoms with Crippen LogP contribution < -0.4 is 0 Å². The molecule has 14 heteroatoms. The fourth-order valence-corrected chi connectivity index (χ4v) is 1.24. The van der Waals surface area contributed by atoms with Crippen LogP contribution in [-0.4, -0.2) is 29.6 Å². The summed E-state index contributed by atoms with van der Waals surface area (Å²) in [7, 11) is 0. The van der Waals surface area contributed by atoms with E-state index in [2.05, 4.69) is 4.18 Å². The molecular formula is C5F12OS. The van der Waals surface area contributed by atoms with Crippen molar-refractivity contribution in [2.75, 3.05) is 0 Å². The van der Waals surface area contributed by atoms with Crippen LogP contribution in [0.3, 0.4) is 0 Å². The predicted molar refractivity (Wildman–Crippen MR) is 35.6 cm³/mol. The Balaban J connectivity index is 5.83. The van der Waals surface area contributed by atoms with Gasteiger partial charge in [-0.3, -0.25) is 4.18 Å². The fraction of sp³-hybridized carbons (Fsp3) is 1.00. The Bertz CT molecular complexity index is 270. The lowest BCUT2D eigenvalue weighted by Gasteiger charge is -2.36. The number of alkyl halides is 12. The average Bonchev–Trinajstić information content (AvgIpc) is 1.92. The maximum atomic E-state index is 12.0. The van der Waals surface area contributed by atoms with Crippen molar-refractivity contribution >= 4 is 12.0 Å². The van der Waals surface area contributed by atoms with E-state index < -0.39 is 41.7 Å². The van der Waals surface area contributed by atoms with E-state index in [0.29, 0.717) is 0 Å². The first kappa shape index (κ1) is 18.5. The minimum atomic E-state index is -7.19. The molecule has 0 rings (SSSR count). The van der Waals surface area contributed by atoms with Crippen molar-refractivity contribution in [3.05, 3.63) is 0 Å². The van der Waals surface area contributed by atoms with Gasteiger partial charge in [0.1, 0.15) is 12.0 Å². The molecule has 0 bridgehead atoms. The van der Waals surface area contributed by atoms with Crippen molar-refractivity contribution in [3.63, 3.8) is 0 Å². The molecule has 0 radical (unpaired) electrons. The van der Waals surface area contributed by atoms with Gasteiger partial charge >= 0.3 is 29.6 Å². The van der Waals surface area contributed by atoms with Crippen molar-refractivity contribution in [2.45, 2.75) is 29.6 Å². The van der Waals surface area contributed by atoms with E-state index in [0.717, 1.165) is 0 Å². The van der Waals surface area contributed by atoms with Gasteiger partial charge in [-0.1, -0.05) is 0 Å². The molecule has 0 aromatic heterocycles. The summed E-state index contributed by atoms with van der Waals surface area (Å²) in [5.74, 6) is 0. The SMILES string of the molecule is FC(F)(F)SOC(C(F)(F)F)(C(F)(F)F)C(F)(F)F. The van der Waals surface area contributed by atoms with Crippen LogP contribution in [0, 0.1) is 0 Å². The van der Waals surface area contributed by atoms with Gasteiger partial charge in [0.2, 0.25) is 0 Å². The summed E-state index contributed by atoms with van der Waals surface area (Å²) >= 11 is -2.54. The Kier molecular flexibility index (Phi) is 4.65. The van der Waals surface area contributed by atoms with Crippen LogP contribution >= 0.6 is 12.0 Å². The van der Waals surface area contributed by atoms with Gasteiger partial charge in [0.15, 0.2) is 0 Å². The minimum absolute atomic E-state index is 2.10. The van der Waals surface area contributed by atoms with E-state index in [9.17, 15) is 52.7 Å². The molecule has 0 aliphatic rings. The summed E-state index contributed by atoms with van der Waals surface area (Å²) in [6.07, 6.45) is -21.6. The van der Waals surface area contributed by atoms with Gasteiger partial charge in [0.05, 0.1) is 0 Å². The van der Waals surface area contributed by atoms with Crippen molar-refractivity contribution < 1.29 is 56.9 Å². The molecule has 19 heavy (non-hydrogen) atoms. The maximum Gasteiger partial charge on any atom is 0.468 e. The number of hydrogen-bond acceptors (Lipinski definition) is 2. The van der Waals surface area contributed by atoms with Gasteiger partial charge in [0.25, 0.3) is 0 Å². The zero-order valence-electron chi connectivity index (χ0n) is 7.85. The number of hydrogen-bond donors (Lipinski definition) is 0. The zero-order valence-corrected chi connectivity index (χ0v) is 8.67. The van der Waals surface area contributed by atoms with Gasteiger partial charge in [-0.05, 0) is 0 Å². The molecule has 0 unspecified atom stereocenters. The lowest BCUT2D eigenvalue weighted by Crippen LogP contribution is -2.67. The smallest absolute Gasteiger partial charge is 0.274 e. The second-order valence-electron chi connectivity index (χ2n) is 2.79. The van der Waals surface area contributed by atoms with Gasteiger partial charge in [-0.2, -0.15) is 52.7 Å². The fourth-order valence-electron chi connectivity index (χ4n) is 0.734. The van der Waals surface area contributed by atoms with E-state index in [1.54, 1.807) is 0 Å². The summed E-state index contributed by atoms with van der Waals surface area (Å²) in [6, 6.07) is 0. The summed E-state index contributed by atoms with van der Waals surface area (Å²) < 4.78 is 145. The van der Waals surface area contributed by atoms with Crippen LogP contribution in [0.4, 0.5) is 52.7 Å². The number of rotatable bonds is 2. The van der Waals surface area contributed by atoms with E-state index in [1.807, 2.05) is 0 Å². The molecule has 0 fully saturated rings. The first-order valence-electron chi connectivity index (χ1n) is 3.59. The monoisotopic (exact) mass is 336 g/mol. The van der Waals surface area contributed by atoms with Gasteiger partial charge in [-0.15, -0.1) is 0 Å². The lowest BCUT2D eigenvalue weighted by molar-refractivity contribution is -0.435. The highest BCUT2D eigenvalue weighted by molar-refractivity contribution is 7.95. The molecule has 0 N–H and O–H groups in total. The Hall–Kier alpha value is -0.530. The quantitative estimate of drug-likeness (QED) is 0.539. The molecule has 116 valence electrons. The highest BCUT2D eigenvalue weighted by Gasteiger charge is 2.86. The molecular weight excluding hydrogens is 336 g/mol. The van der Waals surface area contributed by atoms with E-state index in [1.165, 1.54) is 0 Å². The van der Waals surface area contributed by atoms with Gasteiger partial charge in [0, 0.05) is 0 Å². The molecule has 0 saturated carbocycles. The largest absolute Gasteiger partial charge is 0.468 e. The van der Waals surface area contributed by atoms with Crippen molar-refractivity contribution in [1.29, 1.82) is 0 Å². The Labute approximate surface area is 99.6 Å². The van der Waals surface area contributed by atoms with Crippen molar-refractivity contribution in [2.24, 2.45) is 0 Å². The molecule has 0 aliphatic carbocycles. The summed E-state index contributed by atoms with van der Waals surface area (Å²) in [5.41, 5.74) is -12.8. The zero-order chi connectivity index (χ0) is 15.9. The third kappa shape index (κ3) is 3.73. The van der Waals surface area contributed by atoms with Crippen LogP contribution in [0.25, 0.3) is 0 Å². The molecule has 0 aliphatic heterocycles. The third-order valence-corrected chi connectivity index (χ3v) is 1.98. The minimum Gasteiger partial charge on any atom is -0.274 e. The molecule has 0 atom stereocenters. The van der Waals surface area contributed by atoms with Crippen LogP contribution in [0.5, 0.6) is 0 Å². The van der Waals surface area contributed by atoms with Crippen LogP contribution in [0.1, 0.15) is 0 Å². The van der Waals surface area contributed by atoms with E-state index >= 15 is 0 Å². The topological polar surface area (TPSA) is 9.23 Å². The van der Waals surface area contributed by atoms with E-state index in [-0.39, 0.29) is 0 Å².